The number of hydrogen-bond acceptors (Lipinski definition) is 2. The lowest BCUT2D eigenvalue weighted by Crippen LogP contribution is -2.12. The van der Waals surface area contributed by atoms with Crippen molar-refractivity contribution in [3.8, 4) is 0 Å². The van der Waals surface area contributed by atoms with Gasteiger partial charge in [-0.3, -0.25) is 4.79 Å². The van der Waals surface area contributed by atoms with Gasteiger partial charge in [0.2, 0.25) is 0 Å². The highest BCUT2D eigenvalue weighted by Crippen LogP contribution is 2.24. The Morgan fingerprint density at radius 1 is 1.70 bits per heavy atom. The van der Waals surface area contributed by atoms with Gasteiger partial charge in [0.05, 0.1) is 6.42 Å². The second-order valence-electron chi connectivity index (χ2n) is 3.00. The summed E-state index contributed by atoms with van der Waals surface area (Å²) >= 11 is 0. The van der Waals surface area contributed by atoms with Gasteiger partial charge >= 0.3 is 5.97 Å². The summed E-state index contributed by atoms with van der Waals surface area (Å²) in [6.07, 6.45) is 2.94. The second kappa shape index (κ2) is 3.04. The molecule has 0 bridgehead atoms. The van der Waals surface area contributed by atoms with Crippen LogP contribution in [-0.2, 0) is 9.53 Å². The lowest BCUT2D eigenvalue weighted by Gasteiger charge is -2.10. The summed E-state index contributed by atoms with van der Waals surface area (Å²) in [5.74, 6) is 0.415. The van der Waals surface area contributed by atoms with Gasteiger partial charge in [0.25, 0.3) is 0 Å². The molecule has 0 spiro atoms. The third-order valence-electron chi connectivity index (χ3n) is 1.98. The molecule has 0 aromatic heterocycles. The highest BCUT2D eigenvalue weighted by Gasteiger charge is 2.29. The van der Waals surface area contributed by atoms with E-state index in [1.807, 2.05) is 0 Å². The van der Waals surface area contributed by atoms with E-state index in [9.17, 15) is 4.79 Å². The highest BCUT2D eigenvalue weighted by atomic mass is 16.5. The molecule has 0 aromatic carbocycles. The lowest BCUT2D eigenvalue weighted by atomic mass is 10.0. The van der Waals surface area contributed by atoms with Crippen molar-refractivity contribution in [2.24, 2.45) is 5.92 Å². The molecule has 0 amide bonds. The van der Waals surface area contributed by atoms with Crippen molar-refractivity contribution in [1.29, 1.82) is 0 Å². The van der Waals surface area contributed by atoms with Crippen molar-refractivity contribution in [2.75, 3.05) is 0 Å². The molecular weight excluding hydrogens is 128 g/mol. The summed E-state index contributed by atoms with van der Waals surface area (Å²) in [4.78, 5) is 10.7. The van der Waals surface area contributed by atoms with E-state index in [-0.39, 0.29) is 12.1 Å². The summed E-state index contributed by atoms with van der Waals surface area (Å²) in [6.45, 7) is 4.18. The Hall–Kier alpha value is -0.530. The number of esters is 1. The molecule has 1 rings (SSSR count). The van der Waals surface area contributed by atoms with Gasteiger partial charge in [0.1, 0.15) is 6.10 Å². The summed E-state index contributed by atoms with van der Waals surface area (Å²) in [7, 11) is 0. The third kappa shape index (κ3) is 1.49. The van der Waals surface area contributed by atoms with Gasteiger partial charge in [-0.2, -0.15) is 0 Å². The van der Waals surface area contributed by atoms with E-state index in [2.05, 4.69) is 13.8 Å². The van der Waals surface area contributed by atoms with Crippen LogP contribution in [0.1, 0.15) is 33.1 Å². The standard InChI is InChI=1S/C8H14O2/c1-3-4-7-6(2)5-8(9)10-7/h6-7H,3-5H2,1-2H3/t6-,7+/m1/s1. The predicted octanol–water partition coefficient (Wildman–Crippen LogP) is 1.74. The van der Waals surface area contributed by atoms with Crippen LogP contribution in [0.2, 0.25) is 0 Å². The minimum Gasteiger partial charge on any atom is -0.462 e. The SMILES string of the molecule is CCC[C@@H]1OC(=O)C[C@H]1C. The molecular formula is C8H14O2. The van der Waals surface area contributed by atoms with E-state index in [4.69, 9.17) is 4.74 Å². The second-order valence-corrected chi connectivity index (χ2v) is 3.00. The number of carbonyl (C=O) groups is 1. The molecule has 1 aliphatic rings. The summed E-state index contributed by atoms with van der Waals surface area (Å²) in [5.41, 5.74) is 0. The molecule has 10 heavy (non-hydrogen) atoms. The molecule has 0 radical (unpaired) electrons. The van der Waals surface area contributed by atoms with Crippen molar-refractivity contribution in [3.63, 3.8) is 0 Å². The van der Waals surface area contributed by atoms with Gasteiger partial charge in [-0.1, -0.05) is 20.3 Å². The van der Waals surface area contributed by atoms with Crippen LogP contribution in [0, 0.1) is 5.92 Å². The Morgan fingerprint density at radius 2 is 2.40 bits per heavy atom. The Kier molecular flexibility index (Phi) is 2.30. The Balaban J connectivity index is 2.38. The molecule has 1 saturated heterocycles. The van der Waals surface area contributed by atoms with Crippen molar-refractivity contribution >= 4 is 5.97 Å². The van der Waals surface area contributed by atoms with Gasteiger partial charge in [-0.15, -0.1) is 0 Å². The normalized spacial score (nSPS) is 32.4. The molecule has 2 nitrogen and oxygen atoms in total. The van der Waals surface area contributed by atoms with Crippen molar-refractivity contribution in [1.82, 2.24) is 0 Å². The quantitative estimate of drug-likeness (QED) is 0.549. The van der Waals surface area contributed by atoms with Gasteiger partial charge in [0.15, 0.2) is 0 Å². The smallest absolute Gasteiger partial charge is 0.306 e. The van der Waals surface area contributed by atoms with E-state index >= 15 is 0 Å². The summed E-state index contributed by atoms with van der Waals surface area (Å²) in [5, 5.41) is 0. The molecule has 0 saturated carbocycles. The molecule has 2 atom stereocenters. The van der Waals surface area contributed by atoms with Crippen LogP contribution in [0.5, 0.6) is 0 Å². The first-order valence-electron chi connectivity index (χ1n) is 3.93. The Morgan fingerprint density at radius 3 is 2.80 bits per heavy atom. The maximum atomic E-state index is 10.7. The first-order valence-corrected chi connectivity index (χ1v) is 3.93. The van der Waals surface area contributed by atoms with E-state index in [1.54, 1.807) is 0 Å². The fourth-order valence-corrected chi connectivity index (χ4v) is 1.36. The average Bonchev–Trinajstić information content (AvgIpc) is 2.13. The first-order chi connectivity index (χ1) is 4.74. The molecule has 0 aliphatic carbocycles. The minimum atomic E-state index is -0.0223. The summed E-state index contributed by atoms with van der Waals surface area (Å²) < 4.78 is 5.08. The summed E-state index contributed by atoms with van der Waals surface area (Å²) in [6, 6.07) is 0. The Bertz CT molecular complexity index is 131. The number of carbonyl (C=O) groups excluding carboxylic acids is 1. The number of rotatable bonds is 2. The average molecular weight is 142 g/mol. The van der Waals surface area contributed by atoms with Gasteiger partial charge in [-0.25, -0.2) is 0 Å². The zero-order valence-electron chi connectivity index (χ0n) is 6.59. The van der Waals surface area contributed by atoms with Crippen molar-refractivity contribution < 1.29 is 9.53 Å². The number of hydrogen-bond donors (Lipinski definition) is 0. The van der Waals surface area contributed by atoms with E-state index in [1.165, 1.54) is 0 Å². The van der Waals surface area contributed by atoms with Crippen molar-refractivity contribution in [3.05, 3.63) is 0 Å². The zero-order chi connectivity index (χ0) is 7.56. The fraction of sp³-hybridized carbons (Fsp3) is 0.875. The fourth-order valence-electron chi connectivity index (χ4n) is 1.36. The largest absolute Gasteiger partial charge is 0.462 e. The molecule has 1 heterocycles. The van der Waals surface area contributed by atoms with E-state index in [0.717, 1.165) is 12.8 Å². The van der Waals surface area contributed by atoms with Crippen LogP contribution in [0.25, 0.3) is 0 Å². The molecule has 0 N–H and O–H groups in total. The van der Waals surface area contributed by atoms with Crippen LogP contribution in [0.4, 0.5) is 0 Å². The maximum absolute atomic E-state index is 10.7. The topological polar surface area (TPSA) is 26.3 Å². The first kappa shape index (κ1) is 7.58. The predicted molar refractivity (Wildman–Crippen MR) is 38.6 cm³/mol. The van der Waals surface area contributed by atoms with Gasteiger partial charge in [-0.05, 0) is 6.42 Å². The molecule has 1 fully saturated rings. The Labute approximate surface area is 61.6 Å². The number of ether oxygens (including phenoxy) is 1. The molecule has 58 valence electrons. The lowest BCUT2D eigenvalue weighted by molar-refractivity contribution is -0.141. The van der Waals surface area contributed by atoms with Crippen LogP contribution in [0.15, 0.2) is 0 Å². The molecule has 1 aliphatic heterocycles. The van der Waals surface area contributed by atoms with E-state index in [0.29, 0.717) is 12.3 Å². The monoisotopic (exact) mass is 142 g/mol. The van der Waals surface area contributed by atoms with Gasteiger partial charge in [0, 0.05) is 5.92 Å². The van der Waals surface area contributed by atoms with Gasteiger partial charge < -0.3 is 4.74 Å². The van der Waals surface area contributed by atoms with Crippen LogP contribution in [0.3, 0.4) is 0 Å². The van der Waals surface area contributed by atoms with E-state index < -0.39 is 0 Å². The van der Waals surface area contributed by atoms with Crippen LogP contribution in [-0.4, -0.2) is 12.1 Å². The van der Waals surface area contributed by atoms with Crippen molar-refractivity contribution in [2.45, 2.75) is 39.2 Å². The third-order valence-corrected chi connectivity index (χ3v) is 1.98. The molecule has 0 aromatic rings. The van der Waals surface area contributed by atoms with Crippen LogP contribution < -0.4 is 0 Å². The minimum absolute atomic E-state index is 0.0223. The maximum Gasteiger partial charge on any atom is 0.306 e. The van der Waals surface area contributed by atoms with Crippen LogP contribution >= 0.6 is 0 Å². The highest BCUT2D eigenvalue weighted by molar-refractivity contribution is 5.71. The molecule has 0 unspecified atom stereocenters. The molecule has 2 heteroatoms. The number of cyclic esters (lactones) is 1. The zero-order valence-corrected chi connectivity index (χ0v) is 6.59.